The van der Waals surface area contributed by atoms with Crippen molar-refractivity contribution in [2.75, 3.05) is 18.0 Å². The molecule has 0 amide bonds. The first-order valence-electron chi connectivity index (χ1n) is 7.01. The number of hydrogen-bond donors (Lipinski definition) is 1. The zero-order chi connectivity index (χ0) is 15.2. The number of rotatable bonds is 5. The smallest absolute Gasteiger partial charge is 0.126 e. The van der Waals surface area contributed by atoms with Gasteiger partial charge in [-0.1, -0.05) is 11.6 Å². The molecule has 0 saturated carbocycles. The highest BCUT2D eigenvalue weighted by Crippen LogP contribution is 2.24. The van der Waals surface area contributed by atoms with Crippen molar-refractivity contribution in [3.63, 3.8) is 0 Å². The number of aromatic hydroxyl groups is 1. The van der Waals surface area contributed by atoms with E-state index in [1.54, 1.807) is 24.4 Å². The topological polar surface area (TPSA) is 35.8 Å². The number of phenols is 1. The number of benzene rings is 2. The fraction of sp³-hybridized carbons (Fsp3) is 0.235. The Morgan fingerprint density at radius 3 is 2.33 bits per heavy atom. The summed E-state index contributed by atoms with van der Waals surface area (Å²) in [4.78, 5) is 6.52. The summed E-state index contributed by atoms with van der Waals surface area (Å²) in [6.45, 7) is 6.01. The minimum atomic E-state index is 0.233. The maximum atomic E-state index is 10.1. The highest BCUT2D eigenvalue weighted by Gasteiger charge is 2.05. The van der Waals surface area contributed by atoms with E-state index in [-0.39, 0.29) is 5.75 Å². The van der Waals surface area contributed by atoms with Crippen LogP contribution in [0, 0.1) is 0 Å². The summed E-state index contributed by atoms with van der Waals surface area (Å²) in [6.07, 6.45) is 1.66. The van der Waals surface area contributed by atoms with E-state index in [0.717, 1.165) is 24.5 Å². The lowest BCUT2D eigenvalue weighted by atomic mass is 10.2. The van der Waals surface area contributed by atoms with Crippen molar-refractivity contribution < 1.29 is 5.11 Å². The summed E-state index contributed by atoms with van der Waals surface area (Å²) < 4.78 is 0. The Hall–Kier alpha value is -2.00. The van der Waals surface area contributed by atoms with E-state index in [1.807, 2.05) is 24.3 Å². The van der Waals surface area contributed by atoms with Crippen LogP contribution in [0.25, 0.3) is 0 Å². The van der Waals surface area contributed by atoms with Gasteiger partial charge >= 0.3 is 0 Å². The van der Waals surface area contributed by atoms with Crippen molar-refractivity contribution in [2.45, 2.75) is 13.8 Å². The van der Waals surface area contributed by atoms with Crippen molar-refractivity contribution in [1.29, 1.82) is 0 Å². The third-order valence-corrected chi connectivity index (χ3v) is 3.57. The molecule has 0 aliphatic carbocycles. The molecule has 2 aromatic carbocycles. The number of halogens is 1. The van der Waals surface area contributed by atoms with Gasteiger partial charge in [0.2, 0.25) is 0 Å². The molecule has 0 heterocycles. The van der Waals surface area contributed by atoms with Gasteiger partial charge in [0, 0.05) is 41.6 Å². The van der Waals surface area contributed by atoms with Crippen LogP contribution in [0.5, 0.6) is 5.75 Å². The van der Waals surface area contributed by atoms with Gasteiger partial charge in [-0.15, -0.1) is 0 Å². The van der Waals surface area contributed by atoms with Crippen LogP contribution in [0.2, 0.25) is 5.02 Å². The van der Waals surface area contributed by atoms with Gasteiger partial charge in [-0.25, -0.2) is 0 Å². The van der Waals surface area contributed by atoms with Gasteiger partial charge in [-0.3, -0.25) is 4.99 Å². The fourth-order valence-electron chi connectivity index (χ4n) is 2.10. The molecule has 0 aliphatic rings. The van der Waals surface area contributed by atoms with Gasteiger partial charge in [0.1, 0.15) is 5.75 Å². The van der Waals surface area contributed by atoms with Crippen molar-refractivity contribution in [3.05, 3.63) is 53.1 Å². The molecule has 110 valence electrons. The van der Waals surface area contributed by atoms with E-state index in [2.05, 4.69) is 23.7 Å². The first kappa shape index (κ1) is 15.4. The maximum absolute atomic E-state index is 10.1. The molecule has 2 aromatic rings. The zero-order valence-electron chi connectivity index (χ0n) is 12.3. The van der Waals surface area contributed by atoms with Gasteiger partial charge in [-0.05, 0) is 50.2 Å². The Morgan fingerprint density at radius 2 is 1.76 bits per heavy atom. The summed E-state index contributed by atoms with van der Waals surface area (Å²) >= 11 is 5.83. The van der Waals surface area contributed by atoms with E-state index in [1.165, 1.54) is 0 Å². The minimum Gasteiger partial charge on any atom is -0.507 e. The Kier molecular flexibility index (Phi) is 5.23. The molecule has 0 radical (unpaired) electrons. The number of hydrogen-bond acceptors (Lipinski definition) is 3. The van der Waals surface area contributed by atoms with Crippen LogP contribution in [0.4, 0.5) is 11.4 Å². The third kappa shape index (κ3) is 3.99. The second-order valence-electron chi connectivity index (χ2n) is 4.65. The van der Waals surface area contributed by atoms with Crippen molar-refractivity contribution in [1.82, 2.24) is 0 Å². The zero-order valence-corrected chi connectivity index (χ0v) is 13.0. The monoisotopic (exact) mass is 302 g/mol. The van der Waals surface area contributed by atoms with Crippen LogP contribution in [0.1, 0.15) is 19.4 Å². The molecular weight excluding hydrogens is 284 g/mol. The molecule has 0 saturated heterocycles. The number of phenolic OH excluding ortho intramolecular Hbond substituents is 1. The first-order valence-corrected chi connectivity index (χ1v) is 7.39. The Bertz CT molecular complexity index is 619. The number of aliphatic imine (C=N–C) groups is 1. The normalized spacial score (nSPS) is 11.0. The van der Waals surface area contributed by atoms with Crippen LogP contribution >= 0.6 is 11.6 Å². The van der Waals surface area contributed by atoms with E-state index in [4.69, 9.17) is 11.6 Å². The van der Waals surface area contributed by atoms with Crippen molar-refractivity contribution in [3.8, 4) is 5.75 Å². The summed E-state index contributed by atoms with van der Waals surface area (Å²) in [5, 5.41) is 10.8. The van der Waals surface area contributed by atoms with E-state index < -0.39 is 0 Å². The lowest BCUT2D eigenvalue weighted by Gasteiger charge is -2.21. The van der Waals surface area contributed by atoms with Gasteiger partial charge in [-0.2, -0.15) is 0 Å². The third-order valence-electron chi connectivity index (χ3n) is 3.32. The summed E-state index contributed by atoms with van der Waals surface area (Å²) in [5.74, 6) is 0.233. The average Bonchev–Trinajstić information content (AvgIpc) is 2.49. The van der Waals surface area contributed by atoms with Gasteiger partial charge in [0.15, 0.2) is 0 Å². The molecule has 0 spiro atoms. The molecule has 21 heavy (non-hydrogen) atoms. The molecule has 0 fully saturated rings. The summed E-state index contributed by atoms with van der Waals surface area (Å²) in [6, 6.07) is 12.9. The highest BCUT2D eigenvalue weighted by atomic mass is 35.5. The number of anilines is 1. The molecule has 0 atom stereocenters. The molecule has 0 aliphatic heterocycles. The van der Waals surface area contributed by atoms with Crippen molar-refractivity contribution >= 4 is 29.2 Å². The molecule has 0 unspecified atom stereocenters. The predicted octanol–water partition coefficient (Wildman–Crippen LogP) is 4.64. The van der Waals surface area contributed by atoms with Gasteiger partial charge in [0.05, 0.1) is 5.69 Å². The molecule has 3 nitrogen and oxygen atoms in total. The van der Waals surface area contributed by atoms with E-state index in [0.29, 0.717) is 10.6 Å². The highest BCUT2D eigenvalue weighted by molar-refractivity contribution is 6.30. The Labute approximate surface area is 130 Å². The van der Waals surface area contributed by atoms with Crippen LogP contribution in [-0.2, 0) is 0 Å². The molecule has 2 rings (SSSR count). The fourth-order valence-corrected chi connectivity index (χ4v) is 2.22. The average molecular weight is 303 g/mol. The van der Waals surface area contributed by atoms with Gasteiger partial charge in [0.25, 0.3) is 0 Å². The summed E-state index contributed by atoms with van der Waals surface area (Å²) in [5.41, 5.74) is 2.51. The Balaban J connectivity index is 2.19. The Morgan fingerprint density at radius 1 is 1.10 bits per heavy atom. The lowest BCUT2D eigenvalue weighted by molar-refractivity contribution is 0.474. The first-order chi connectivity index (χ1) is 10.1. The number of nitrogens with zero attached hydrogens (tertiary/aromatic N) is 2. The van der Waals surface area contributed by atoms with Crippen LogP contribution in [0.15, 0.2) is 47.5 Å². The quantitative estimate of drug-likeness (QED) is 0.817. The lowest BCUT2D eigenvalue weighted by Crippen LogP contribution is -2.21. The molecule has 0 aromatic heterocycles. The SMILES string of the molecule is CCN(CC)c1ccc(C=Nc2ccc(Cl)cc2)c(O)c1. The molecular formula is C17H19ClN2O. The van der Waals surface area contributed by atoms with Crippen LogP contribution < -0.4 is 4.90 Å². The maximum Gasteiger partial charge on any atom is 0.126 e. The van der Waals surface area contributed by atoms with Gasteiger partial charge < -0.3 is 10.0 Å². The van der Waals surface area contributed by atoms with E-state index >= 15 is 0 Å². The molecule has 0 bridgehead atoms. The van der Waals surface area contributed by atoms with Crippen LogP contribution in [-0.4, -0.2) is 24.4 Å². The van der Waals surface area contributed by atoms with Crippen molar-refractivity contribution in [2.24, 2.45) is 4.99 Å². The molecule has 1 N–H and O–H groups in total. The second kappa shape index (κ2) is 7.14. The minimum absolute atomic E-state index is 0.233. The standard InChI is InChI=1S/C17H19ClN2O/c1-3-20(4-2)16-10-5-13(17(21)11-16)12-19-15-8-6-14(18)7-9-15/h5-12,21H,3-4H2,1-2H3. The second-order valence-corrected chi connectivity index (χ2v) is 5.09. The summed E-state index contributed by atoms with van der Waals surface area (Å²) in [7, 11) is 0. The van der Waals surface area contributed by atoms with Crippen LogP contribution in [0.3, 0.4) is 0 Å². The van der Waals surface area contributed by atoms with E-state index in [9.17, 15) is 5.11 Å². The largest absolute Gasteiger partial charge is 0.507 e. The molecule has 4 heteroatoms. The predicted molar refractivity (Wildman–Crippen MR) is 90.4 cm³/mol.